The van der Waals surface area contributed by atoms with Crippen molar-refractivity contribution in [3.8, 4) is 0 Å². The standard InChI is InChI=1S/C18H16N2O6/c21-15(19-13(17(23)24)11-7-3-1-4-8-11)16(22)20-14(18(25)26)12-9-5-2-6-10-12/h1-10,13-14H,(H,19,21)(H,20,22)(H,23,24)(H,25,26)/t13-,14-/m1/s1. The van der Waals surface area contributed by atoms with Gasteiger partial charge in [0.2, 0.25) is 0 Å². The Hall–Kier alpha value is -3.68. The first-order valence-electron chi connectivity index (χ1n) is 7.57. The minimum Gasteiger partial charge on any atom is -0.479 e. The van der Waals surface area contributed by atoms with Gasteiger partial charge in [0.05, 0.1) is 0 Å². The van der Waals surface area contributed by atoms with Crippen LogP contribution >= 0.6 is 0 Å². The summed E-state index contributed by atoms with van der Waals surface area (Å²) < 4.78 is 0. The lowest BCUT2D eigenvalue weighted by molar-refractivity contribution is -0.147. The van der Waals surface area contributed by atoms with E-state index in [1.165, 1.54) is 24.3 Å². The van der Waals surface area contributed by atoms with Crippen molar-refractivity contribution in [1.29, 1.82) is 0 Å². The second-order valence-corrected chi connectivity index (χ2v) is 5.31. The number of carbonyl (C=O) groups excluding carboxylic acids is 2. The van der Waals surface area contributed by atoms with Gasteiger partial charge >= 0.3 is 23.8 Å². The third-order valence-electron chi connectivity index (χ3n) is 3.52. The third kappa shape index (κ3) is 4.67. The van der Waals surface area contributed by atoms with Crippen LogP contribution in [0.25, 0.3) is 0 Å². The van der Waals surface area contributed by atoms with Gasteiger partial charge in [-0.2, -0.15) is 0 Å². The number of nitrogens with one attached hydrogen (secondary N) is 2. The van der Waals surface area contributed by atoms with Crippen molar-refractivity contribution >= 4 is 23.8 Å². The lowest BCUT2D eigenvalue weighted by atomic mass is 10.1. The molecule has 2 amide bonds. The molecule has 4 N–H and O–H groups in total. The van der Waals surface area contributed by atoms with Gasteiger partial charge in [0.1, 0.15) is 0 Å². The number of carbonyl (C=O) groups is 4. The Bertz CT molecular complexity index is 737. The van der Waals surface area contributed by atoms with Crippen LogP contribution in [0.2, 0.25) is 0 Å². The molecule has 2 rings (SSSR count). The van der Waals surface area contributed by atoms with Crippen LogP contribution in [-0.4, -0.2) is 34.0 Å². The molecule has 0 fully saturated rings. The Labute approximate surface area is 148 Å². The number of hydrogen-bond acceptors (Lipinski definition) is 4. The van der Waals surface area contributed by atoms with Crippen molar-refractivity contribution in [1.82, 2.24) is 10.6 Å². The SMILES string of the molecule is O=C(N[C@@H](C(=O)O)c1ccccc1)C(=O)N[C@@H](C(=O)O)c1ccccc1. The fourth-order valence-corrected chi connectivity index (χ4v) is 2.26. The van der Waals surface area contributed by atoms with Gasteiger partial charge in [-0.15, -0.1) is 0 Å². The van der Waals surface area contributed by atoms with E-state index in [-0.39, 0.29) is 11.1 Å². The molecule has 0 bridgehead atoms. The van der Waals surface area contributed by atoms with Crippen LogP contribution in [0.5, 0.6) is 0 Å². The van der Waals surface area contributed by atoms with E-state index in [0.717, 1.165) is 0 Å². The minimum absolute atomic E-state index is 0.277. The molecule has 134 valence electrons. The van der Waals surface area contributed by atoms with E-state index in [2.05, 4.69) is 10.6 Å². The molecule has 0 aliphatic rings. The lowest BCUT2D eigenvalue weighted by Crippen LogP contribution is -2.46. The second kappa shape index (κ2) is 8.43. The zero-order valence-corrected chi connectivity index (χ0v) is 13.5. The van der Waals surface area contributed by atoms with Gasteiger partial charge < -0.3 is 20.8 Å². The highest BCUT2D eigenvalue weighted by Crippen LogP contribution is 2.14. The Morgan fingerprint density at radius 2 is 0.923 bits per heavy atom. The first-order chi connectivity index (χ1) is 12.4. The average Bonchev–Trinajstić information content (AvgIpc) is 2.64. The number of hydrogen-bond donors (Lipinski definition) is 4. The molecule has 0 unspecified atom stereocenters. The van der Waals surface area contributed by atoms with E-state index in [1.54, 1.807) is 36.4 Å². The van der Waals surface area contributed by atoms with E-state index in [1.807, 2.05) is 0 Å². The fourth-order valence-electron chi connectivity index (χ4n) is 2.26. The van der Waals surface area contributed by atoms with Gasteiger partial charge in [-0.05, 0) is 11.1 Å². The highest BCUT2D eigenvalue weighted by Gasteiger charge is 2.29. The Morgan fingerprint density at radius 1 is 0.615 bits per heavy atom. The van der Waals surface area contributed by atoms with Crippen LogP contribution in [0.15, 0.2) is 60.7 Å². The molecule has 0 spiro atoms. The number of amides is 2. The summed E-state index contributed by atoms with van der Waals surface area (Å²) >= 11 is 0. The molecule has 0 aromatic heterocycles. The molecule has 0 saturated carbocycles. The number of rotatable bonds is 6. The zero-order valence-electron chi connectivity index (χ0n) is 13.5. The maximum atomic E-state index is 12.0. The largest absolute Gasteiger partial charge is 0.479 e. The van der Waals surface area contributed by atoms with Crippen LogP contribution in [0.1, 0.15) is 23.2 Å². The summed E-state index contributed by atoms with van der Waals surface area (Å²) in [5.41, 5.74) is 0.554. The lowest BCUT2D eigenvalue weighted by Gasteiger charge is -2.17. The quantitative estimate of drug-likeness (QED) is 0.568. The monoisotopic (exact) mass is 356 g/mol. The molecular weight excluding hydrogens is 340 g/mol. The van der Waals surface area contributed by atoms with E-state index in [4.69, 9.17) is 0 Å². The zero-order chi connectivity index (χ0) is 19.1. The third-order valence-corrected chi connectivity index (χ3v) is 3.52. The summed E-state index contributed by atoms with van der Waals surface area (Å²) in [6.07, 6.45) is 0. The summed E-state index contributed by atoms with van der Waals surface area (Å²) in [5.74, 6) is -5.20. The highest BCUT2D eigenvalue weighted by atomic mass is 16.4. The molecular formula is C18H16N2O6. The van der Waals surface area contributed by atoms with Gasteiger partial charge in [-0.3, -0.25) is 9.59 Å². The molecule has 26 heavy (non-hydrogen) atoms. The predicted molar refractivity (Wildman–Crippen MR) is 89.9 cm³/mol. The normalized spacial score (nSPS) is 12.5. The molecule has 0 aliphatic heterocycles. The van der Waals surface area contributed by atoms with Gasteiger partial charge in [-0.25, -0.2) is 9.59 Å². The van der Waals surface area contributed by atoms with Crippen LogP contribution in [0.4, 0.5) is 0 Å². The molecule has 2 atom stereocenters. The Kier molecular flexibility index (Phi) is 6.05. The van der Waals surface area contributed by atoms with Crippen molar-refractivity contribution in [2.75, 3.05) is 0 Å². The van der Waals surface area contributed by atoms with Crippen molar-refractivity contribution in [3.63, 3.8) is 0 Å². The summed E-state index contributed by atoms with van der Waals surface area (Å²) in [7, 11) is 0. The molecule has 0 radical (unpaired) electrons. The van der Waals surface area contributed by atoms with Crippen LogP contribution in [-0.2, 0) is 19.2 Å². The molecule has 8 nitrogen and oxygen atoms in total. The van der Waals surface area contributed by atoms with Crippen molar-refractivity contribution in [2.45, 2.75) is 12.1 Å². The first kappa shape index (κ1) is 18.7. The molecule has 2 aromatic carbocycles. The molecule has 2 aromatic rings. The van der Waals surface area contributed by atoms with Gasteiger partial charge in [0.15, 0.2) is 12.1 Å². The summed E-state index contributed by atoms with van der Waals surface area (Å²) in [6, 6.07) is 12.8. The molecule has 8 heteroatoms. The van der Waals surface area contributed by atoms with Crippen molar-refractivity contribution in [3.05, 3.63) is 71.8 Å². The highest BCUT2D eigenvalue weighted by molar-refractivity contribution is 6.35. The molecule has 0 aliphatic carbocycles. The maximum Gasteiger partial charge on any atom is 0.330 e. The number of benzene rings is 2. The van der Waals surface area contributed by atoms with Crippen molar-refractivity contribution in [2.24, 2.45) is 0 Å². The van der Waals surface area contributed by atoms with E-state index in [0.29, 0.717) is 0 Å². The summed E-state index contributed by atoms with van der Waals surface area (Å²) in [6.45, 7) is 0. The Balaban J connectivity index is 2.11. The van der Waals surface area contributed by atoms with Gasteiger partial charge in [-0.1, -0.05) is 60.7 Å². The van der Waals surface area contributed by atoms with Crippen LogP contribution in [0, 0.1) is 0 Å². The van der Waals surface area contributed by atoms with E-state index in [9.17, 15) is 29.4 Å². The summed E-state index contributed by atoms with van der Waals surface area (Å²) in [4.78, 5) is 46.8. The topological polar surface area (TPSA) is 133 Å². The number of aliphatic carboxylic acids is 2. The van der Waals surface area contributed by atoms with Crippen LogP contribution in [0.3, 0.4) is 0 Å². The smallest absolute Gasteiger partial charge is 0.330 e. The van der Waals surface area contributed by atoms with Crippen LogP contribution < -0.4 is 10.6 Å². The number of carboxylic acids is 2. The first-order valence-corrected chi connectivity index (χ1v) is 7.57. The van der Waals surface area contributed by atoms with E-state index >= 15 is 0 Å². The average molecular weight is 356 g/mol. The number of carboxylic acid groups (broad SMARTS) is 2. The van der Waals surface area contributed by atoms with Gasteiger partial charge in [0.25, 0.3) is 0 Å². The molecule has 0 saturated heterocycles. The van der Waals surface area contributed by atoms with Gasteiger partial charge in [0, 0.05) is 0 Å². The minimum atomic E-state index is -1.44. The maximum absolute atomic E-state index is 12.0. The predicted octanol–water partition coefficient (Wildman–Crippen LogP) is 0.871. The Morgan fingerprint density at radius 3 is 1.19 bits per heavy atom. The van der Waals surface area contributed by atoms with E-state index < -0.39 is 35.8 Å². The van der Waals surface area contributed by atoms with Crippen molar-refractivity contribution < 1.29 is 29.4 Å². The second-order valence-electron chi connectivity index (χ2n) is 5.31. The summed E-state index contributed by atoms with van der Waals surface area (Å²) in [5, 5.41) is 22.7. The molecule has 0 heterocycles. The fraction of sp³-hybridized carbons (Fsp3) is 0.111.